The van der Waals surface area contributed by atoms with Gasteiger partial charge in [0.25, 0.3) is 0 Å². The number of rotatable bonds is 4. The summed E-state index contributed by atoms with van der Waals surface area (Å²) < 4.78 is 10.3. The highest BCUT2D eigenvalue weighted by Gasteiger charge is 2.14. The molecule has 0 aliphatic rings. The number of ether oxygens (including phenoxy) is 2. The van der Waals surface area contributed by atoms with E-state index in [1.54, 1.807) is 13.2 Å². The van der Waals surface area contributed by atoms with Crippen molar-refractivity contribution in [2.75, 3.05) is 33.2 Å². The molecule has 1 unspecified atom stereocenters. The smallest absolute Gasteiger partial charge is 0.412 e. The normalized spacial score (nSPS) is 11.2. The number of benzene rings is 1. The van der Waals surface area contributed by atoms with Crippen molar-refractivity contribution in [3.05, 3.63) is 23.8 Å². The van der Waals surface area contributed by atoms with E-state index in [9.17, 15) is 4.79 Å². The predicted molar refractivity (Wildman–Crippen MR) is 90.1 cm³/mol. The van der Waals surface area contributed by atoms with Gasteiger partial charge in [0.2, 0.25) is 0 Å². The summed E-state index contributed by atoms with van der Waals surface area (Å²) in [6, 6.07) is 5.80. The van der Waals surface area contributed by atoms with Gasteiger partial charge in [0.1, 0.15) is 0 Å². The largest absolute Gasteiger partial charge is 0.493 e. The van der Waals surface area contributed by atoms with Gasteiger partial charge in [-0.2, -0.15) is 0 Å². The molecule has 0 heterocycles. The van der Waals surface area contributed by atoms with Gasteiger partial charge in [0.05, 0.1) is 7.11 Å². The minimum atomic E-state index is -0.511. The third kappa shape index (κ3) is 5.54. The molecule has 0 fully saturated rings. The molecule has 0 saturated carbocycles. The quantitative estimate of drug-likeness (QED) is 0.630. The number of methoxy groups -OCH3 is 1. The van der Waals surface area contributed by atoms with E-state index in [1.165, 1.54) is 7.05 Å². The van der Waals surface area contributed by atoms with Gasteiger partial charge in [-0.1, -0.05) is 28.7 Å². The van der Waals surface area contributed by atoms with Gasteiger partial charge in [-0.05, 0) is 43.6 Å². The second kappa shape index (κ2) is 9.82. The molecule has 6 heteroatoms. The molecule has 0 bridgehead atoms. The zero-order valence-corrected chi connectivity index (χ0v) is 15.0. The molecule has 1 atom stereocenters. The van der Waals surface area contributed by atoms with Gasteiger partial charge in [-0.15, -0.1) is 0 Å². The number of nitrogens with zero attached hydrogens (tertiary/aromatic N) is 1. The average Bonchev–Trinajstić information content (AvgIpc) is 2.48. The van der Waals surface area contributed by atoms with Crippen molar-refractivity contribution in [1.29, 1.82) is 0 Å². The SMILES string of the molecule is CI.CNC(=O)Oc1cc(C(C)N(C)C)ccc1OC. The molecule has 0 aliphatic heterocycles. The van der Waals surface area contributed by atoms with Crippen molar-refractivity contribution in [2.45, 2.75) is 13.0 Å². The first-order valence-corrected chi connectivity index (χ1v) is 8.27. The van der Waals surface area contributed by atoms with Crippen LogP contribution in [0.25, 0.3) is 0 Å². The van der Waals surface area contributed by atoms with Gasteiger partial charge >= 0.3 is 6.09 Å². The Hall–Kier alpha value is -1.02. The first kappa shape index (κ1) is 19.0. The minimum absolute atomic E-state index is 0.225. The maximum atomic E-state index is 11.3. The van der Waals surface area contributed by atoms with Crippen LogP contribution in [0, 0.1) is 0 Å². The predicted octanol–water partition coefficient (Wildman–Crippen LogP) is 3.09. The van der Waals surface area contributed by atoms with E-state index in [0.29, 0.717) is 11.5 Å². The van der Waals surface area contributed by atoms with Crippen LogP contribution in [0.15, 0.2) is 18.2 Å². The molecule has 20 heavy (non-hydrogen) atoms. The third-order valence-corrected chi connectivity index (χ3v) is 2.85. The molecule has 0 saturated heterocycles. The van der Waals surface area contributed by atoms with Crippen LogP contribution in [0.1, 0.15) is 18.5 Å². The minimum Gasteiger partial charge on any atom is -0.493 e. The molecule has 0 aliphatic carbocycles. The van der Waals surface area contributed by atoms with Gasteiger partial charge < -0.3 is 19.7 Å². The van der Waals surface area contributed by atoms with Gasteiger partial charge in [0, 0.05) is 13.1 Å². The fourth-order valence-corrected chi connectivity index (χ4v) is 1.48. The second-order valence-corrected chi connectivity index (χ2v) is 4.19. The van der Waals surface area contributed by atoms with Crippen molar-refractivity contribution in [1.82, 2.24) is 10.2 Å². The highest BCUT2D eigenvalue weighted by molar-refractivity contribution is 14.1. The maximum Gasteiger partial charge on any atom is 0.412 e. The second-order valence-electron chi connectivity index (χ2n) is 4.19. The zero-order valence-electron chi connectivity index (χ0n) is 12.9. The lowest BCUT2D eigenvalue weighted by atomic mass is 10.1. The van der Waals surface area contributed by atoms with E-state index >= 15 is 0 Å². The summed E-state index contributed by atoms with van der Waals surface area (Å²) in [6.07, 6.45) is -0.511. The molecule has 1 aromatic rings. The third-order valence-electron chi connectivity index (χ3n) is 2.85. The van der Waals surface area contributed by atoms with E-state index in [2.05, 4.69) is 39.7 Å². The highest BCUT2D eigenvalue weighted by atomic mass is 127. The molecule has 1 rings (SSSR count). The average molecular weight is 394 g/mol. The van der Waals surface area contributed by atoms with E-state index in [4.69, 9.17) is 9.47 Å². The lowest BCUT2D eigenvalue weighted by molar-refractivity contribution is 0.200. The molecule has 5 nitrogen and oxygen atoms in total. The molecule has 0 aromatic heterocycles. The summed E-state index contributed by atoms with van der Waals surface area (Å²) in [4.78, 5) is 15.3. The number of hydrogen-bond donors (Lipinski definition) is 1. The van der Waals surface area contributed by atoms with Gasteiger partial charge in [0.15, 0.2) is 11.5 Å². The number of carbonyl (C=O) groups is 1. The Morgan fingerprint density at radius 2 is 1.90 bits per heavy atom. The van der Waals surface area contributed by atoms with E-state index in [0.717, 1.165) is 5.56 Å². The highest BCUT2D eigenvalue weighted by Crippen LogP contribution is 2.31. The first-order valence-electron chi connectivity index (χ1n) is 6.11. The molecule has 0 radical (unpaired) electrons. The Labute approximate surface area is 134 Å². The standard InChI is InChI=1S/C13H20N2O3.CH3I/c1-9(15(3)4)10-6-7-11(17-5)12(8-10)18-13(16)14-2;1-2/h6-9H,1-5H3,(H,14,16);1H3. The van der Waals surface area contributed by atoms with Crippen LogP contribution in [-0.2, 0) is 0 Å². The Kier molecular flexibility index (Phi) is 9.32. The first-order chi connectivity index (χ1) is 9.49. The van der Waals surface area contributed by atoms with Crippen LogP contribution in [0.3, 0.4) is 0 Å². The van der Waals surface area contributed by atoms with Crippen molar-refractivity contribution in [3.8, 4) is 11.5 Å². The molecule has 1 amide bonds. The zero-order chi connectivity index (χ0) is 15.7. The lowest BCUT2D eigenvalue weighted by Gasteiger charge is -2.21. The molecule has 114 valence electrons. The Bertz CT molecular complexity index is 425. The van der Waals surface area contributed by atoms with E-state index in [1.807, 2.05) is 31.2 Å². The van der Waals surface area contributed by atoms with Crippen LogP contribution >= 0.6 is 22.6 Å². The molecular weight excluding hydrogens is 371 g/mol. The van der Waals surface area contributed by atoms with Crippen LogP contribution in [0.2, 0.25) is 0 Å². The molecule has 0 spiro atoms. The van der Waals surface area contributed by atoms with Crippen LogP contribution in [0.4, 0.5) is 4.79 Å². The van der Waals surface area contributed by atoms with E-state index < -0.39 is 6.09 Å². The number of carbonyl (C=O) groups excluding carboxylic acids is 1. The Balaban J connectivity index is 0.00000172. The summed E-state index contributed by atoms with van der Waals surface area (Å²) >= 11 is 2.15. The van der Waals surface area contributed by atoms with Gasteiger partial charge in [-0.3, -0.25) is 0 Å². The molecule has 1 N–H and O–H groups in total. The van der Waals surface area contributed by atoms with Crippen molar-refractivity contribution in [2.24, 2.45) is 0 Å². The maximum absolute atomic E-state index is 11.3. The number of alkyl halides is 1. The number of halogens is 1. The fourth-order valence-electron chi connectivity index (χ4n) is 1.48. The Morgan fingerprint density at radius 3 is 2.35 bits per heavy atom. The topological polar surface area (TPSA) is 50.8 Å². The van der Waals surface area contributed by atoms with E-state index in [-0.39, 0.29) is 6.04 Å². The van der Waals surface area contributed by atoms with Crippen LogP contribution in [-0.4, -0.2) is 44.2 Å². The number of nitrogens with one attached hydrogen (secondary N) is 1. The fraction of sp³-hybridized carbons (Fsp3) is 0.500. The molecule has 1 aromatic carbocycles. The summed E-state index contributed by atoms with van der Waals surface area (Å²) in [7, 11) is 7.05. The summed E-state index contributed by atoms with van der Waals surface area (Å²) in [5, 5.41) is 2.41. The summed E-state index contributed by atoms with van der Waals surface area (Å²) in [6.45, 7) is 2.07. The van der Waals surface area contributed by atoms with Crippen LogP contribution < -0.4 is 14.8 Å². The lowest BCUT2D eigenvalue weighted by Crippen LogP contribution is -2.22. The number of amides is 1. The number of hydrogen-bond acceptors (Lipinski definition) is 4. The Morgan fingerprint density at radius 1 is 1.30 bits per heavy atom. The van der Waals surface area contributed by atoms with Crippen molar-refractivity contribution >= 4 is 28.7 Å². The van der Waals surface area contributed by atoms with Crippen LogP contribution in [0.5, 0.6) is 11.5 Å². The van der Waals surface area contributed by atoms with Crippen molar-refractivity contribution in [3.63, 3.8) is 0 Å². The monoisotopic (exact) mass is 394 g/mol. The summed E-state index contributed by atoms with van der Waals surface area (Å²) in [5.74, 6) is 0.955. The summed E-state index contributed by atoms with van der Waals surface area (Å²) in [5.41, 5.74) is 1.06. The van der Waals surface area contributed by atoms with Gasteiger partial charge in [-0.25, -0.2) is 4.79 Å². The van der Waals surface area contributed by atoms with Crippen molar-refractivity contribution < 1.29 is 14.3 Å². The molecular formula is C14H23IN2O3.